The lowest BCUT2D eigenvalue weighted by molar-refractivity contribution is 0.131. The Bertz CT molecular complexity index is 574. The average molecular weight is 267 g/mol. The molecule has 0 fully saturated rings. The lowest BCUT2D eigenvalue weighted by Gasteiger charge is -2.09. The Hall–Kier alpha value is -1.85. The van der Waals surface area contributed by atoms with Crippen LogP contribution >= 0.6 is 11.6 Å². The number of fused-ring (bicyclic) bond motifs is 1. The minimum Gasteiger partial charge on any atom is -0.447 e. The van der Waals surface area contributed by atoms with Crippen LogP contribution in [-0.4, -0.2) is 29.4 Å². The number of ether oxygens (including phenoxy) is 1. The van der Waals surface area contributed by atoms with Crippen LogP contribution in [0.4, 0.5) is 10.5 Å². The maximum Gasteiger partial charge on any atom is 0.411 e. The standard InChI is InChI=1S/C12H11ClN2O3/c13-9-3-4-10(15-12(17)18-7-6-16)8-2-1-5-14-11(8)9/h1-5,16H,6-7H2,(H,15,17). The molecule has 0 unspecified atom stereocenters. The number of hydrogen-bond acceptors (Lipinski definition) is 4. The summed E-state index contributed by atoms with van der Waals surface area (Å²) >= 11 is 6.01. The molecule has 5 nitrogen and oxygen atoms in total. The van der Waals surface area contributed by atoms with Crippen molar-refractivity contribution in [2.75, 3.05) is 18.5 Å². The van der Waals surface area contributed by atoms with Crippen molar-refractivity contribution in [2.24, 2.45) is 0 Å². The molecule has 2 aromatic rings. The molecule has 18 heavy (non-hydrogen) atoms. The van der Waals surface area contributed by atoms with Crippen LogP contribution in [0.3, 0.4) is 0 Å². The molecule has 0 bridgehead atoms. The van der Waals surface area contributed by atoms with E-state index in [-0.39, 0.29) is 13.2 Å². The van der Waals surface area contributed by atoms with E-state index in [2.05, 4.69) is 10.3 Å². The molecule has 0 radical (unpaired) electrons. The number of rotatable bonds is 3. The Balaban J connectivity index is 2.29. The minimum absolute atomic E-state index is 0.0460. The zero-order chi connectivity index (χ0) is 13.0. The molecule has 0 spiro atoms. The first-order chi connectivity index (χ1) is 8.72. The van der Waals surface area contributed by atoms with Gasteiger partial charge < -0.3 is 9.84 Å². The number of benzene rings is 1. The predicted octanol–water partition coefficient (Wildman–Crippen LogP) is 2.43. The zero-order valence-electron chi connectivity index (χ0n) is 9.39. The van der Waals surface area contributed by atoms with E-state index in [0.29, 0.717) is 16.2 Å². The first-order valence-corrected chi connectivity index (χ1v) is 5.68. The van der Waals surface area contributed by atoms with Crippen molar-refractivity contribution in [2.45, 2.75) is 0 Å². The summed E-state index contributed by atoms with van der Waals surface area (Å²) in [6.45, 7) is -0.258. The fourth-order valence-electron chi connectivity index (χ4n) is 1.53. The third-order valence-corrected chi connectivity index (χ3v) is 2.59. The van der Waals surface area contributed by atoms with Crippen LogP contribution in [-0.2, 0) is 4.74 Å². The number of aliphatic hydroxyl groups is 1. The summed E-state index contributed by atoms with van der Waals surface area (Å²) in [6.07, 6.45) is 0.999. The van der Waals surface area contributed by atoms with Crippen molar-refractivity contribution in [3.8, 4) is 0 Å². The van der Waals surface area contributed by atoms with Gasteiger partial charge in [-0.2, -0.15) is 0 Å². The number of aromatic nitrogens is 1. The number of carbonyl (C=O) groups is 1. The third kappa shape index (κ3) is 2.69. The predicted molar refractivity (Wildman–Crippen MR) is 68.8 cm³/mol. The molecule has 0 aliphatic rings. The van der Waals surface area contributed by atoms with Gasteiger partial charge in [-0.3, -0.25) is 10.3 Å². The molecular weight excluding hydrogens is 256 g/mol. The van der Waals surface area contributed by atoms with Gasteiger partial charge in [0.25, 0.3) is 0 Å². The van der Waals surface area contributed by atoms with Gasteiger partial charge in [-0.1, -0.05) is 11.6 Å². The first-order valence-electron chi connectivity index (χ1n) is 5.30. The lowest BCUT2D eigenvalue weighted by atomic mass is 10.2. The van der Waals surface area contributed by atoms with Crippen molar-refractivity contribution >= 4 is 34.3 Å². The van der Waals surface area contributed by atoms with Gasteiger partial charge in [0.1, 0.15) is 6.61 Å². The molecule has 1 aromatic carbocycles. The highest BCUT2D eigenvalue weighted by Crippen LogP contribution is 2.27. The van der Waals surface area contributed by atoms with Crippen LogP contribution in [0.1, 0.15) is 0 Å². The number of nitrogens with one attached hydrogen (secondary N) is 1. The topological polar surface area (TPSA) is 71.5 Å². The maximum absolute atomic E-state index is 11.4. The average Bonchev–Trinajstić information content (AvgIpc) is 2.40. The normalized spacial score (nSPS) is 10.3. The molecule has 2 N–H and O–H groups in total. The van der Waals surface area contributed by atoms with Gasteiger partial charge in [0.15, 0.2) is 0 Å². The number of halogens is 1. The molecule has 0 saturated carbocycles. The second kappa shape index (κ2) is 5.66. The number of pyridine rings is 1. The SMILES string of the molecule is O=C(Nc1ccc(Cl)c2ncccc12)OCCO. The Morgan fingerprint density at radius 3 is 3.06 bits per heavy atom. The zero-order valence-corrected chi connectivity index (χ0v) is 10.1. The number of amides is 1. The summed E-state index contributed by atoms with van der Waals surface area (Å²) in [6, 6.07) is 6.88. The summed E-state index contributed by atoms with van der Waals surface area (Å²) in [5.74, 6) is 0. The molecule has 2 rings (SSSR count). The van der Waals surface area contributed by atoms with Crippen LogP contribution in [0.25, 0.3) is 10.9 Å². The summed E-state index contributed by atoms with van der Waals surface area (Å²) in [5.41, 5.74) is 1.17. The molecule has 6 heteroatoms. The number of carbonyl (C=O) groups excluding carboxylic acids is 1. The Labute approximate surface area is 108 Å². The number of hydrogen-bond donors (Lipinski definition) is 2. The molecule has 1 amide bonds. The largest absolute Gasteiger partial charge is 0.447 e. The molecule has 0 saturated heterocycles. The summed E-state index contributed by atoms with van der Waals surface area (Å²) in [7, 11) is 0. The Morgan fingerprint density at radius 2 is 2.28 bits per heavy atom. The molecule has 0 atom stereocenters. The third-order valence-electron chi connectivity index (χ3n) is 2.28. The van der Waals surface area contributed by atoms with Gasteiger partial charge in [0, 0.05) is 11.6 Å². The minimum atomic E-state index is -0.628. The monoisotopic (exact) mass is 266 g/mol. The smallest absolute Gasteiger partial charge is 0.411 e. The van der Waals surface area contributed by atoms with Crippen LogP contribution < -0.4 is 5.32 Å². The van der Waals surface area contributed by atoms with Gasteiger partial charge in [-0.15, -0.1) is 0 Å². The highest BCUT2D eigenvalue weighted by Gasteiger charge is 2.08. The number of anilines is 1. The van der Waals surface area contributed by atoms with Crippen LogP contribution in [0.15, 0.2) is 30.5 Å². The number of nitrogens with zero attached hydrogens (tertiary/aromatic N) is 1. The summed E-state index contributed by atoms with van der Waals surface area (Å²) in [5, 5.41) is 12.4. The van der Waals surface area contributed by atoms with E-state index in [1.807, 2.05) is 0 Å². The second-order valence-corrected chi connectivity index (χ2v) is 3.89. The van der Waals surface area contributed by atoms with Crippen molar-refractivity contribution in [1.82, 2.24) is 4.98 Å². The Kier molecular flexibility index (Phi) is 3.96. The van der Waals surface area contributed by atoms with E-state index in [0.717, 1.165) is 5.39 Å². The van der Waals surface area contributed by atoms with Crippen LogP contribution in [0, 0.1) is 0 Å². The molecular formula is C12H11ClN2O3. The van der Waals surface area contributed by atoms with Crippen LogP contribution in [0.2, 0.25) is 5.02 Å². The van der Waals surface area contributed by atoms with Crippen LogP contribution in [0.5, 0.6) is 0 Å². The van der Waals surface area contributed by atoms with Crippen molar-refractivity contribution in [3.63, 3.8) is 0 Å². The summed E-state index contributed by atoms with van der Waals surface area (Å²) in [4.78, 5) is 15.5. The van der Waals surface area contributed by atoms with E-state index < -0.39 is 6.09 Å². The van der Waals surface area contributed by atoms with E-state index in [9.17, 15) is 4.79 Å². The Morgan fingerprint density at radius 1 is 1.44 bits per heavy atom. The quantitative estimate of drug-likeness (QED) is 0.895. The molecule has 1 aromatic heterocycles. The van der Waals surface area contributed by atoms with Crippen molar-refractivity contribution < 1.29 is 14.6 Å². The van der Waals surface area contributed by atoms with Gasteiger partial charge in [-0.05, 0) is 24.3 Å². The van der Waals surface area contributed by atoms with E-state index >= 15 is 0 Å². The van der Waals surface area contributed by atoms with Crippen molar-refractivity contribution in [3.05, 3.63) is 35.5 Å². The van der Waals surface area contributed by atoms with Crippen molar-refractivity contribution in [1.29, 1.82) is 0 Å². The van der Waals surface area contributed by atoms with Gasteiger partial charge >= 0.3 is 6.09 Å². The van der Waals surface area contributed by atoms with Gasteiger partial charge in [0.05, 0.1) is 22.8 Å². The second-order valence-electron chi connectivity index (χ2n) is 3.48. The lowest BCUT2D eigenvalue weighted by Crippen LogP contribution is -2.16. The van der Waals surface area contributed by atoms with Gasteiger partial charge in [0.2, 0.25) is 0 Å². The summed E-state index contributed by atoms with van der Waals surface area (Å²) < 4.78 is 4.72. The fraction of sp³-hybridized carbons (Fsp3) is 0.167. The van der Waals surface area contributed by atoms with Gasteiger partial charge in [-0.25, -0.2) is 4.79 Å². The van der Waals surface area contributed by atoms with E-state index in [1.165, 1.54) is 0 Å². The highest BCUT2D eigenvalue weighted by atomic mass is 35.5. The van der Waals surface area contributed by atoms with E-state index in [4.69, 9.17) is 21.4 Å². The molecule has 0 aliphatic carbocycles. The molecule has 1 heterocycles. The molecule has 94 valence electrons. The maximum atomic E-state index is 11.4. The van der Waals surface area contributed by atoms with E-state index in [1.54, 1.807) is 30.5 Å². The fourth-order valence-corrected chi connectivity index (χ4v) is 1.75. The molecule has 0 aliphatic heterocycles. The first kappa shape index (κ1) is 12.6. The highest BCUT2D eigenvalue weighted by molar-refractivity contribution is 6.35. The number of aliphatic hydroxyl groups excluding tert-OH is 1.